The van der Waals surface area contributed by atoms with E-state index in [2.05, 4.69) is 15.3 Å². The number of carbonyl (C=O) groups excluding carboxylic acids is 1. The molecule has 0 radical (unpaired) electrons. The van der Waals surface area contributed by atoms with Crippen LogP contribution in [0.2, 0.25) is 0 Å². The van der Waals surface area contributed by atoms with Gasteiger partial charge >= 0.3 is 0 Å². The Morgan fingerprint density at radius 3 is 2.48 bits per heavy atom. The Labute approximate surface area is 124 Å². The molecule has 2 aromatic rings. The van der Waals surface area contributed by atoms with Crippen molar-refractivity contribution in [3.05, 3.63) is 53.6 Å². The number of hydrogen-bond donors (Lipinski definition) is 1. The molecule has 5 nitrogen and oxygen atoms in total. The van der Waals surface area contributed by atoms with Crippen LogP contribution in [0.15, 0.2) is 36.7 Å². The lowest BCUT2D eigenvalue weighted by molar-refractivity contribution is 0.0930. The number of carbonyl (C=O) groups is 1. The van der Waals surface area contributed by atoms with Crippen molar-refractivity contribution in [2.45, 2.75) is 26.3 Å². The van der Waals surface area contributed by atoms with Gasteiger partial charge in [-0.3, -0.25) is 9.78 Å². The number of aromatic nitrogens is 2. The van der Waals surface area contributed by atoms with E-state index < -0.39 is 0 Å². The van der Waals surface area contributed by atoms with E-state index in [1.807, 2.05) is 38.1 Å². The molecule has 1 aromatic carbocycles. The third-order valence-electron chi connectivity index (χ3n) is 3.25. The molecule has 2 rings (SSSR count). The molecule has 1 unspecified atom stereocenters. The van der Waals surface area contributed by atoms with Crippen LogP contribution in [0, 0.1) is 6.92 Å². The molecular formula is C16H19N3O2. The number of benzene rings is 1. The highest BCUT2D eigenvalue weighted by Crippen LogP contribution is 2.20. The Balaban J connectivity index is 2.10. The summed E-state index contributed by atoms with van der Waals surface area (Å²) in [6.45, 7) is 3.86. The fraction of sp³-hybridized carbons (Fsp3) is 0.312. The van der Waals surface area contributed by atoms with Crippen molar-refractivity contribution >= 4 is 5.91 Å². The lowest BCUT2D eigenvalue weighted by atomic mass is 10.0. The van der Waals surface area contributed by atoms with Gasteiger partial charge in [0.25, 0.3) is 5.91 Å². The normalized spacial score (nSPS) is 11.8. The van der Waals surface area contributed by atoms with E-state index in [1.165, 1.54) is 6.20 Å². The molecule has 0 aliphatic heterocycles. The number of amides is 1. The summed E-state index contributed by atoms with van der Waals surface area (Å²) in [5.41, 5.74) is 2.15. The van der Waals surface area contributed by atoms with Crippen molar-refractivity contribution in [3.8, 4) is 5.75 Å². The summed E-state index contributed by atoms with van der Waals surface area (Å²) in [7, 11) is 1.63. The maximum Gasteiger partial charge on any atom is 0.271 e. The Hall–Kier alpha value is -2.43. The lowest BCUT2D eigenvalue weighted by Crippen LogP contribution is -2.29. The molecule has 1 heterocycles. The van der Waals surface area contributed by atoms with E-state index in [9.17, 15) is 4.79 Å². The van der Waals surface area contributed by atoms with Crippen molar-refractivity contribution in [1.82, 2.24) is 15.3 Å². The predicted octanol–water partition coefficient (Wildman–Crippen LogP) is 2.67. The molecule has 1 amide bonds. The molecule has 0 saturated carbocycles. The van der Waals surface area contributed by atoms with Gasteiger partial charge in [0.2, 0.25) is 0 Å². The molecule has 0 saturated heterocycles. The number of rotatable bonds is 5. The van der Waals surface area contributed by atoms with Crippen LogP contribution in [0.1, 0.15) is 41.1 Å². The van der Waals surface area contributed by atoms with Gasteiger partial charge in [0.05, 0.1) is 25.0 Å². The molecule has 1 atom stereocenters. The highest BCUT2D eigenvalue weighted by Gasteiger charge is 2.15. The van der Waals surface area contributed by atoms with Gasteiger partial charge in [-0.2, -0.15) is 0 Å². The van der Waals surface area contributed by atoms with Gasteiger partial charge in [0.1, 0.15) is 11.4 Å². The first-order chi connectivity index (χ1) is 10.1. The van der Waals surface area contributed by atoms with Crippen molar-refractivity contribution in [2.75, 3.05) is 7.11 Å². The Bertz CT molecular complexity index is 594. The fourth-order valence-corrected chi connectivity index (χ4v) is 2.00. The minimum Gasteiger partial charge on any atom is -0.497 e. The second-order valence-corrected chi connectivity index (χ2v) is 4.75. The highest BCUT2D eigenvalue weighted by molar-refractivity contribution is 5.92. The lowest BCUT2D eigenvalue weighted by Gasteiger charge is -2.17. The molecule has 0 aliphatic carbocycles. The standard InChI is InChI=1S/C16H19N3O2/c1-4-14(12-5-7-13(21-3)8-6-12)19-16(20)15-10-17-11(2)9-18-15/h5-10,14H,4H2,1-3H3,(H,19,20). The van der Waals surface area contributed by atoms with E-state index in [0.29, 0.717) is 5.69 Å². The molecular weight excluding hydrogens is 266 g/mol. The zero-order valence-electron chi connectivity index (χ0n) is 12.5. The SMILES string of the molecule is CCC(NC(=O)c1cnc(C)cn1)c1ccc(OC)cc1. The number of hydrogen-bond acceptors (Lipinski definition) is 4. The summed E-state index contributed by atoms with van der Waals surface area (Å²) in [6.07, 6.45) is 3.87. The van der Waals surface area contributed by atoms with Gasteiger partial charge in [0.15, 0.2) is 0 Å². The van der Waals surface area contributed by atoms with Crippen LogP contribution in [-0.4, -0.2) is 23.0 Å². The van der Waals surface area contributed by atoms with Gasteiger partial charge in [-0.05, 0) is 31.0 Å². The van der Waals surface area contributed by atoms with Crippen LogP contribution in [0.4, 0.5) is 0 Å². The summed E-state index contributed by atoms with van der Waals surface area (Å²) in [6, 6.07) is 7.61. The average molecular weight is 285 g/mol. The Morgan fingerprint density at radius 2 is 1.95 bits per heavy atom. The zero-order valence-corrected chi connectivity index (χ0v) is 12.5. The highest BCUT2D eigenvalue weighted by atomic mass is 16.5. The van der Waals surface area contributed by atoms with Gasteiger partial charge in [-0.25, -0.2) is 4.98 Å². The first kappa shape index (κ1) is 15.0. The number of aryl methyl sites for hydroxylation is 1. The smallest absolute Gasteiger partial charge is 0.271 e. The van der Waals surface area contributed by atoms with Crippen molar-refractivity contribution in [2.24, 2.45) is 0 Å². The summed E-state index contributed by atoms with van der Waals surface area (Å²) in [5, 5.41) is 2.97. The van der Waals surface area contributed by atoms with Crippen molar-refractivity contribution in [3.63, 3.8) is 0 Å². The van der Waals surface area contributed by atoms with Crippen molar-refractivity contribution in [1.29, 1.82) is 0 Å². The molecule has 5 heteroatoms. The Morgan fingerprint density at radius 1 is 1.24 bits per heavy atom. The largest absolute Gasteiger partial charge is 0.497 e. The first-order valence-electron chi connectivity index (χ1n) is 6.87. The first-order valence-corrected chi connectivity index (χ1v) is 6.87. The molecule has 1 aromatic heterocycles. The fourth-order valence-electron chi connectivity index (χ4n) is 2.00. The van der Waals surface area contributed by atoms with Gasteiger partial charge in [-0.1, -0.05) is 19.1 Å². The van der Waals surface area contributed by atoms with Crippen LogP contribution in [0.5, 0.6) is 5.75 Å². The van der Waals surface area contributed by atoms with Crippen LogP contribution in [0.25, 0.3) is 0 Å². The van der Waals surface area contributed by atoms with E-state index >= 15 is 0 Å². The Kier molecular flexibility index (Phi) is 4.87. The minimum atomic E-state index is -0.217. The maximum atomic E-state index is 12.2. The van der Waals surface area contributed by atoms with Crippen LogP contribution >= 0.6 is 0 Å². The molecule has 0 spiro atoms. The molecule has 110 valence electrons. The summed E-state index contributed by atoms with van der Waals surface area (Å²) in [4.78, 5) is 20.4. The predicted molar refractivity (Wildman–Crippen MR) is 80.3 cm³/mol. The molecule has 0 bridgehead atoms. The second kappa shape index (κ2) is 6.83. The molecule has 0 aliphatic rings. The van der Waals surface area contributed by atoms with Crippen molar-refractivity contribution < 1.29 is 9.53 Å². The topological polar surface area (TPSA) is 64.1 Å². The quantitative estimate of drug-likeness (QED) is 0.917. The number of nitrogens with one attached hydrogen (secondary N) is 1. The zero-order chi connectivity index (χ0) is 15.2. The van der Waals surface area contributed by atoms with Crippen LogP contribution in [0.3, 0.4) is 0 Å². The van der Waals surface area contributed by atoms with E-state index in [0.717, 1.165) is 23.4 Å². The van der Waals surface area contributed by atoms with Gasteiger partial charge < -0.3 is 10.1 Å². The summed E-state index contributed by atoms with van der Waals surface area (Å²) < 4.78 is 5.14. The molecule has 0 fully saturated rings. The second-order valence-electron chi connectivity index (χ2n) is 4.75. The van der Waals surface area contributed by atoms with Crippen LogP contribution < -0.4 is 10.1 Å². The van der Waals surface area contributed by atoms with Crippen LogP contribution in [-0.2, 0) is 0 Å². The van der Waals surface area contributed by atoms with Gasteiger partial charge in [0, 0.05) is 6.20 Å². The average Bonchev–Trinajstić information content (AvgIpc) is 2.53. The number of methoxy groups -OCH3 is 1. The van der Waals surface area contributed by atoms with Gasteiger partial charge in [-0.15, -0.1) is 0 Å². The third kappa shape index (κ3) is 3.78. The number of nitrogens with zero attached hydrogens (tertiary/aromatic N) is 2. The summed E-state index contributed by atoms with van der Waals surface area (Å²) in [5.74, 6) is 0.578. The maximum absolute atomic E-state index is 12.2. The third-order valence-corrected chi connectivity index (χ3v) is 3.25. The monoisotopic (exact) mass is 285 g/mol. The van der Waals surface area contributed by atoms with E-state index in [-0.39, 0.29) is 11.9 Å². The van der Waals surface area contributed by atoms with E-state index in [4.69, 9.17) is 4.74 Å². The van der Waals surface area contributed by atoms with E-state index in [1.54, 1.807) is 13.3 Å². The molecule has 21 heavy (non-hydrogen) atoms. The molecule has 1 N–H and O–H groups in total. The minimum absolute atomic E-state index is 0.0634. The number of ether oxygens (including phenoxy) is 1. The summed E-state index contributed by atoms with van der Waals surface area (Å²) >= 11 is 0.